The van der Waals surface area contributed by atoms with Crippen molar-refractivity contribution in [1.82, 2.24) is 4.31 Å². The molecule has 0 bridgehead atoms. The second kappa shape index (κ2) is 6.47. The van der Waals surface area contributed by atoms with Crippen molar-refractivity contribution in [3.8, 4) is 0 Å². The lowest BCUT2D eigenvalue weighted by Gasteiger charge is -2.20. The number of amides is 1. The van der Waals surface area contributed by atoms with Gasteiger partial charge in [0, 0.05) is 6.42 Å². The molecule has 0 aliphatic carbocycles. The number of ketones is 1. The first-order valence-corrected chi connectivity index (χ1v) is 7.54. The average Bonchev–Trinajstić information content (AvgIpc) is 2.43. The Hall–Kier alpha value is -1.95. The number of aryl methyl sites for hydroxylation is 1. The van der Waals surface area contributed by atoms with E-state index in [1.54, 1.807) is 19.1 Å². The van der Waals surface area contributed by atoms with E-state index in [1.807, 2.05) is 6.92 Å². The minimum absolute atomic E-state index is 0.00445. The number of nitrogens with zero attached hydrogens (tertiary/aromatic N) is 1. The summed E-state index contributed by atoms with van der Waals surface area (Å²) in [5, 5.41) is 0. The van der Waals surface area contributed by atoms with Crippen LogP contribution in [-0.4, -0.2) is 31.0 Å². The summed E-state index contributed by atoms with van der Waals surface area (Å²) in [6, 6.07) is 6.10. The third kappa shape index (κ3) is 3.54. The Balaban J connectivity index is 3.23. The molecule has 0 heterocycles. The molecule has 108 valence electrons. The van der Waals surface area contributed by atoms with Crippen molar-refractivity contribution in [2.24, 2.45) is 0 Å². The van der Waals surface area contributed by atoms with Gasteiger partial charge in [-0.25, -0.2) is 12.7 Å². The highest BCUT2D eigenvalue weighted by Gasteiger charge is 2.29. The van der Waals surface area contributed by atoms with E-state index in [-0.39, 0.29) is 11.3 Å². The van der Waals surface area contributed by atoms with Crippen LogP contribution in [0.4, 0.5) is 0 Å². The van der Waals surface area contributed by atoms with Gasteiger partial charge in [-0.05, 0) is 25.1 Å². The summed E-state index contributed by atoms with van der Waals surface area (Å²) in [6.45, 7) is 6.13. The number of hydrogen-bond donors (Lipinski definition) is 0. The van der Waals surface area contributed by atoms with Crippen LogP contribution >= 0.6 is 0 Å². The van der Waals surface area contributed by atoms with Crippen LogP contribution in [0.25, 0.3) is 0 Å². The monoisotopic (exact) mass is 295 g/mol. The molecule has 1 amide bonds. The zero-order valence-electron chi connectivity index (χ0n) is 11.5. The van der Waals surface area contributed by atoms with Crippen molar-refractivity contribution >= 4 is 21.7 Å². The summed E-state index contributed by atoms with van der Waals surface area (Å²) in [6.07, 6.45) is 0.996. The Labute approximate surface area is 119 Å². The molecule has 6 heteroatoms. The lowest BCUT2D eigenvalue weighted by Crippen LogP contribution is -2.39. The van der Waals surface area contributed by atoms with Gasteiger partial charge in [0.05, 0.1) is 11.4 Å². The van der Waals surface area contributed by atoms with Gasteiger partial charge in [0.15, 0.2) is 5.78 Å². The number of hydrogen-bond acceptors (Lipinski definition) is 4. The van der Waals surface area contributed by atoms with Crippen LogP contribution in [-0.2, 0) is 19.6 Å². The van der Waals surface area contributed by atoms with Gasteiger partial charge in [0.25, 0.3) is 10.0 Å². The molecule has 1 aromatic rings. The standard InChI is InChI=1S/C14H17NO4S/c1-4-12(16)10-15(14(17)5-2)20(18,19)13-8-6-11(3)7-9-13/h4,6-9H,1,5,10H2,2-3H3. The van der Waals surface area contributed by atoms with E-state index in [0.29, 0.717) is 4.31 Å². The highest BCUT2D eigenvalue weighted by atomic mass is 32.2. The summed E-state index contributed by atoms with van der Waals surface area (Å²) in [5.74, 6) is -1.15. The Morgan fingerprint density at radius 3 is 2.25 bits per heavy atom. The highest BCUT2D eigenvalue weighted by molar-refractivity contribution is 7.89. The first-order chi connectivity index (χ1) is 9.32. The van der Waals surface area contributed by atoms with Crippen LogP contribution in [0, 0.1) is 6.92 Å². The first kappa shape index (κ1) is 16.1. The zero-order valence-corrected chi connectivity index (χ0v) is 12.3. The predicted octanol–water partition coefficient (Wildman–Crippen LogP) is 1.68. The maximum Gasteiger partial charge on any atom is 0.266 e. The number of benzene rings is 1. The summed E-state index contributed by atoms with van der Waals surface area (Å²) in [5.41, 5.74) is 0.902. The van der Waals surface area contributed by atoms with E-state index in [0.717, 1.165) is 11.6 Å². The van der Waals surface area contributed by atoms with Crippen molar-refractivity contribution in [1.29, 1.82) is 0 Å². The lowest BCUT2D eigenvalue weighted by atomic mass is 10.2. The zero-order chi connectivity index (χ0) is 15.3. The second-order valence-corrected chi connectivity index (χ2v) is 6.10. The maximum atomic E-state index is 12.4. The highest BCUT2D eigenvalue weighted by Crippen LogP contribution is 2.17. The van der Waals surface area contributed by atoms with Crippen molar-refractivity contribution in [3.05, 3.63) is 42.5 Å². The van der Waals surface area contributed by atoms with Gasteiger partial charge in [-0.15, -0.1) is 0 Å². The lowest BCUT2D eigenvalue weighted by molar-refractivity contribution is -0.129. The number of rotatable bonds is 6. The smallest absolute Gasteiger partial charge is 0.266 e. The number of carbonyl (C=O) groups excluding carboxylic acids is 2. The summed E-state index contributed by atoms with van der Waals surface area (Å²) in [4.78, 5) is 23.2. The molecule has 0 unspecified atom stereocenters. The molecule has 0 aliphatic heterocycles. The van der Waals surface area contributed by atoms with Gasteiger partial charge in [0.2, 0.25) is 5.91 Å². The van der Waals surface area contributed by atoms with Crippen LogP contribution in [0.1, 0.15) is 18.9 Å². The van der Waals surface area contributed by atoms with Crippen LogP contribution in [0.5, 0.6) is 0 Å². The van der Waals surface area contributed by atoms with Crippen molar-refractivity contribution in [2.45, 2.75) is 25.2 Å². The normalized spacial score (nSPS) is 10.9. The van der Waals surface area contributed by atoms with E-state index in [4.69, 9.17) is 0 Å². The van der Waals surface area contributed by atoms with E-state index in [1.165, 1.54) is 12.1 Å². The van der Waals surface area contributed by atoms with Crippen molar-refractivity contribution in [3.63, 3.8) is 0 Å². The fraction of sp³-hybridized carbons (Fsp3) is 0.286. The molecule has 20 heavy (non-hydrogen) atoms. The van der Waals surface area contributed by atoms with E-state index >= 15 is 0 Å². The fourth-order valence-corrected chi connectivity index (χ4v) is 2.96. The summed E-state index contributed by atoms with van der Waals surface area (Å²) in [7, 11) is -4.02. The Kier molecular flexibility index (Phi) is 5.21. The molecule has 0 spiro atoms. The predicted molar refractivity (Wildman–Crippen MR) is 75.6 cm³/mol. The second-order valence-electron chi connectivity index (χ2n) is 4.24. The van der Waals surface area contributed by atoms with E-state index < -0.39 is 28.3 Å². The SMILES string of the molecule is C=CC(=O)CN(C(=O)CC)S(=O)(=O)c1ccc(C)cc1. The van der Waals surface area contributed by atoms with Crippen LogP contribution in [0.3, 0.4) is 0 Å². The van der Waals surface area contributed by atoms with Crippen LogP contribution in [0.2, 0.25) is 0 Å². The maximum absolute atomic E-state index is 12.4. The molecule has 0 fully saturated rings. The van der Waals surface area contributed by atoms with Crippen molar-refractivity contribution in [2.75, 3.05) is 6.54 Å². The van der Waals surface area contributed by atoms with Gasteiger partial charge in [-0.3, -0.25) is 9.59 Å². The molecule has 0 N–H and O–H groups in total. The molecular weight excluding hydrogens is 278 g/mol. The minimum Gasteiger partial charge on any atom is -0.293 e. The molecule has 0 atom stereocenters. The Morgan fingerprint density at radius 1 is 1.25 bits per heavy atom. The molecule has 0 saturated carbocycles. The van der Waals surface area contributed by atoms with E-state index in [2.05, 4.69) is 6.58 Å². The van der Waals surface area contributed by atoms with Crippen LogP contribution < -0.4 is 0 Å². The third-order valence-corrected chi connectivity index (χ3v) is 4.50. The molecule has 1 rings (SSSR count). The van der Waals surface area contributed by atoms with Gasteiger partial charge in [-0.2, -0.15) is 0 Å². The molecular formula is C14H17NO4S. The molecule has 0 aromatic heterocycles. The largest absolute Gasteiger partial charge is 0.293 e. The summed E-state index contributed by atoms with van der Waals surface area (Å²) >= 11 is 0. The number of carbonyl (C=O) groups is 2. The van der Waals surface area contributed by atoms with E-state index in [9.17, 15) is 18.0 Å². The van der Waals surface area contributed by atoms with Gasteiger partial charge < -0.3 is 0 Å². The third-order valence-electron chi connectivity index (χ3n) is 2.72. The fourth-order valence-electron chi connectivity index (χ4n) is 1.53. The molecule has 0 aliphatic rings. The summed E-state index contributed by atoms with van der Waals surface area (Å²) < 4.78 is 25.4. The first-order valence-electron chi connectivity index (χ1n) is 6.10. The van der Waals surface area contributed by atoms with Gasteiger partial charge in [0.1, 0.15) is 0 Å². The quantitative estimate of drug-likeness (QED) is 0.749. The Bertz CT molecular complexity index is 617. The molecule has 0 radical (unpaired) electrons. The van der Waals surface area contributed by atoms with Gasteiger partial charge in [-0.1, -0.05) is 31.2 Å². The topological polar surface area (TPSA) is 71.5 Å². The Morgan fingerprint density at radius 2 is 1.80 bits per heavy atom. The number of sulfonamides is 1. The van der Waals surface area contributed by atoms with Gasteiger partial charge >= 0.3 is 0 Å². The molecule has 5 nitrogen and oxygen atoms in total. The minimum atomic E-state index is -4.02. The van der Waals surface area contributed by atoms with Crippen LogP contribution in [0.15, 0.2) is 41.8 Å². The molecule has 1 aromatic carbocycles. The van der Waals surface area contributed by atoms with Crippen molar-refractivity contribution < 1.29 is 18.0 Å². The molecule has 0 saturated heterocycles. The average molecular weight is 295 g/mol.